The molecule has 0 aliphatic carbocycles. The lowest BCUT2D eigenvalue weighted by Crippen LogP contribution is -2.50. The number of nitrogens with zero attached hydrogens (tertiary/aromatic N) is 2. The van der Waals surface area contributed by atoms with Gasteiger partial charge in [0.2, 0.25) is 0 Å². The van der Waals surface area contributed by atoms with Gasteiger partial charge in [0.1, 0.15) is 0 Å². The Bertz CT molecular complexity index is 268. The van der Waals surface area contributed by atoms with E-state index in [1.165, 1.54) is 64.3 Å². The smallest absolute Gasteiger partial charge is 0.0236 e. The average molecular weight is 269 g/mol. The highest BCUT2D eigenvalue weighted by Gasteiger charge is 2.35. The minimum Gasteiger partial charge on any atom is -0.314 e. The molecular formula is C14H27N3S. The third kappa shape index (κ3) is 2.87. The number of rotatable bonds is 2. The van der Waals surface area contributed by atoms with Crippen LogP contribution in [0.2, 0.25) is 0 Å². The molecule has 1 N–H and O–H groups in total. The summed E-state index contributed by atoms with van der Waals surface area (Å²) in [6.07, 6.45) is 4.25. The van der Waals surface area contributed by atoms with E-state index in [-0.39, 0.29) is 0 Å². The molecule has 4 heteroatoms. The highest BCUT2D eigenvalue weighted by atomic mass is 32.2. The summed E-state index contributed by atoms with van der Waals surface area (Å²) in [5, 5.41) is 4.31. The van der Waals surface area contributed by atoms with Crippen LogP contribution in [-0.2, 0) is 0 Å². The first-order valence-corrected chi connectivity index (χ1v) is 8.70. The lowest BCUT2D eigenvalue weighted by molar-refractivity contribution is 0.155. The van der Waals surface area contributed by atoms with Gasteiger partial charge in [0.15, 0.2) is 0 Å². The molecule has 3 atom stereocenters. The molecule has 3 saturated heterocycles. The van der Waals surface area contributed by atoms with E-state index < -0.39 is 0 Å². The second kappa shape index (κ2) is 6.12. The van der Waals surface area contributed by atoms with Gasteiger partial charge in [0, 0.05) is 56.6 Å². The van der Waals surface area contributed by atoms with Crippen LogP contribution in [0.1, 0.15) is 26.2 Å². The number of nitrogens with one attached hydrogen (secondary N) is 1. The summed E-state index contributed by atoms with van der Waals surface area (Å²) in [6.45, 7) is 9.99. The molecule has 0 saturated carbocycles. The average Bonchev–Trinajstić information content (AvgIpc) is 2.90. The number of hydrogen-bond acceptors (Lipinski definition) is 4. The van der Waals surface area contributed by atoms with Gasteiger partial charge in [-0.05, 0) is 25.0 Å². The quantitative estimate of drug-likeness (QED) is 0.813. The minimum atomic E-state index is 0.839. The molecule has 104 valence electrons. The van der Waals surface area contributed by atoms with Crippen molar-refractivity contribution in [3.05, 3.63) is 0 Å². The van der Waals surface area contributed by atoms with Crippen molar-refractivity contribution in [3.63, 3.8) is 0 Å². The molecule has 0 aromatic heterocycles. The zero-order valence-corrected chi connectivity index (χ0v) is 12.4. The van der Waals surface area contributed by atoms with Crippen LogP contribution in [0.4, 0.5) is 0 Å². The van der Waals surface area contributed by atoms with Crippen LogP contribution >= 0.6 is 11.8 Å². The van der Waals surface area contributed by atoms with Crippen LogP contribution in [0.15, 0.2) is 0 Å². The topological polar surface area (TPSA) is 18.5 Å². The SMILES string of the molecule is CC1SCCCC1N1CCC(N2CCNCC2)C1. The predicted molar refractivity (Wildman–Crippen MR) is 79.4 cm³/mol. The molecule has 0 spiro atoms. The summed E-state index contributed by atoms with van der Waals surface area (Å²) < 4.78 is 0. The van der Waals surface area contributed by atoms with Crippen LogP contribution < -0.4 is 5.32 Å². The van der Waals surface area contributed by atoms with Crippen molar-refractivity contribution < 1.29 is 0 Å². The van der Waals surface area contributed by atoms with Gasteiger partial charge >= 0.3 is 0 Å². The molecule has 3 unspecified atom stereocenters. The molecule has 3 aliphatic rings. The van der Waals surface area contributed by atoms with Crippen LogP contribution in [0.3, 0.4) is 0 Å². The normalized spacial score (nSPS) is 40.2. The van der Waals surface area contributed by atoms with Gasteiger partial charge in [-0.25, -0.2) is 0 Å². The molecular weight excluding hydrogens is 242 g/mol. The summed E-state index contributed by atoms with van der Waals surface area (Å²) in [5.41, 5.74) is 0. The molecule has 3 heterocycles. The summed E-state index contributed by atoms with van der Waals surface area (Å²) in [7, 11) is 0. The Morgan fingerprint density at radius 3 is 2.67 bits per heavy atom. The maximum Gasteiger partial charge on any atom is 0.0236 e. The van der Waals surface area contributed by atoms with E-state index in [2.05, 4.69) is 33.8 Å². The Morgan fingerprint density at radius 2 is 1.89 bits per heavy atom. The van der Waals surface area contributed by atoms with E-state index >= 15 is 0 Å². The number of thioether (sulfide) groups is 1. The highest BCUT2D eigenvalue weighted by Crippen LogP contribution is 2.31. The van der Waals surface area contributed by atoms with Gasteiger partial charge in [-0.3, -0.25) is 9.80 Å². The number of hydrogen-bond donors (Lipinski definition) is 1. The summed E-state index contributed by atoms with van der Waals surface area (Å²) in [5.74, 6) is 1.38. The third-order valence-corrected chi connectivity index (χ3v) is 6.26. The Balaban J connectivity index is 1.53. The second-order valence-electron chi connectivity index (χ2n) is 6.01. The number of likely N-dealkylation sites (tertiary alicyclic amines) is 1. The van der Waals surface area contributed by atoms with Crippen molar-refractivity contribution in [1.29, 1.82) is 0 Å². The molecule has 3 rings (SSSR count). The minimum absolute atomic E-state index is 0.839. The molecule has 3 nitrogen and oxygen atoms in total. The maximum atomic E-state index is 3.46. The standard InChI is InChI=1S/C14H27N3S/c1-12-14(3-2-10-18-12)17-7-4-13(11-17)16-8-5-15-6-9-16/h12-15H,2-11H2,1H3. The Kier molecular flexibility index (Phi) is 4.50. The van der Waals surface area contributed by atoms with E-state index in [4.69, 9.17) is 0 Å². The van der Waals surface area contributed by atoms with Gasteiger partial charge in [0.05, 0.1) is 0 Å². The highest BCUT2D eigenvalue weighted by molar-refractivity contribution is 7.99. The van der Waals surface area contributed by atoms with Gasteiger partial charge < -0.3 is 5.32 Å². The summed E-state index contributed by atoms with van der Waals surface area (Å²) in [6, 6.07) is 1.70. The van der Waals surface area contributed by atoms with Gasteiger partial charge in [-0.2, -0.15) is 11.8 Å². The van der Waals surface area contributed by atoms with E-state index in [9.17, 15) is 0 Å². The Labute approximate surface area is 116 Å². The van der Waals surface area contributed by atoms with Crippen LogP contribution in [0.5, 0.6) is 0 Å². The Morgan fingerprint density at radius 1 is 1.06 bits per heavy atom. The van der Waals surface area contributed by atoms with Crippen molar-refractivity contribution in [2.75, 3.05) is 45.0 Å². The first-order valence-electron chi connectivity index (χ1n) is 7.65. The zero-order chi connectivity index (χ0) is 12.4. The Hall–Kier alpha value is 0.230. The fourth-order valence-electron chi connectivity index (χ4n) is 3.80. The molecule has 0 aromatic rings. The van der Waals surface area contributed by atoms with Gasteiger partial charge in [-0.1, -0.05) is 6.92 Å². The van der Waals surface area contributed by atoms with E-state index in [1.807, 2.05) is 0 Å². The third-order valence-electron chi connectivity index (χ3n) is 4.90. The first-order chi connectivity index (χ1) is 8.84. The lowest BCUT2D eigenvalue weighted by Gasteiger charge is -2.37. The van der Waals surface area contributed by atoms with Crippen LogP contribution in [0.25, 0.3) is 0 Å². The lowest BCUT2D eigenvalue weighted by atomic mass is 10.1. The molecule has 0 aromatic carbocycles. The molecule has 3 aliphatic heterocycles. The fraction of sp³-hybridized carbons (Fsp3) is 1.00. The first kappa shape index (κ1) is 13.2. The molecule has 3 fully saturated rings. The maximum absolute atomic E-state index is 3.46. The van der Waals surface area contributed by atoms with E-state index in [0.717, 1.165) is 17.3 Å². The van der Waals surface area contributed by atoms with Crippen molar-refractivity contribution in [1.82, 2.24) is 15.1 Å². The van der Waals surface area contributed by atoms with Crippen molar-refractivity contribution in [2.45, 2.75) is 43.5 Å². The van der Waals surface area contributed by atoms with Crippen molar-refractivity contribution in [2.24, 2.45) is 0 Å². The van der Waals surface area contributed by atoms with E-state index in [0.29, 0.717) is 0 Å². The molecule has 18 heavy (non-hydrogen) atoms. The predicted octanol–water partition coefficient (Wildman–Crippen LogP) is 1.25. The monoisotopic (exact) mass is 269 g/mol. The van der Waals surface area contributed by atoms with E-state index in [1.54, 1.807) is 0 Å². The molecule has 0 radical (unpaired) electrons. The molecule has 0 bridgehead atoms. The largest absolute Gasteiger partial charge is 0.314 e. The van der Waals surface area contributed by atoms with Crippen LogP contribution in [-0.4, -0.2) is 72.2 Å². The van der Waals surface area contributed by atoms with Gasteiger partial charge in [0.25, 0.3) is 0 Å². The molecule has 0 amide bonds. The zero-order valence-electron chi connectivity index (χ0n) is 11.6. The van der Waals surface area contributed by atoms with Crippen LogP contribution in [0, 0.1) is 0 Å². The second-order valence-corrected chi connectivity index (χ2v) is 7.49. The van der Waals surface area contributed by atoms with Gasteiger partial charge in [-0.15, -0.1) is 0 Å². The fourth-order valence-corrected chi connectivity index (χ4v) is 5.04. The summed E-state index contributed by atoms with van der Waals surface area (Å²) in [4.78, 5) is 5.51. The summed E-state index contributed by atoms with van der Waals surface area (Å²) >= 11 is 2.18. The van der Waals surface area contributed by atoms with Crippen molar-refractivity contribution in [3.8, 4) is 0 Å². The van der Waals surface area contributed by atoms with Crippen molar-refractivity contribution >= 4 is 11.8 Å². The number of piperazine rings is 1.